The number of carbonyl (C=O) groups excluding carboxylic acids is 1. The highest BCUT2D eigenvalue weighted by Crippen LogP contribution is 2.14. The summed E-state index contributed by atoms with van der Waals surface area (Å²) >= 11 is 0. The van der Waals surface area contributed by atoms with E-state index in [4.69, 9.17) is 9.84 Å². The average molecular weight is 285 g/mol. The van der Waals surface area contributed by atoms with Gasteiger partial charge in [-0.3, -0.25) is 0 Å². The molecule has 1 atom stereocenters. The number of nitrogens with one attached hydrogen (secondary N) is 1. The number of benzene rings is 1. The Hall–Kier alpha value is -1.69. The molecule has 0 heterocycles. The summed E-state index contributed by atoms with van der Waals surface area (Å²) < 4.78 is 5.03. The summed E-state index contributed by atoms with van der Waals surface area (Å²) in [7, 11) is 0. The van der Waals surface area contributed by atoms with E-state index >= 15 is 0 Å². The smallest absolute Gasteiger partial charge is 0.408 e. The first-order valence-electron chi connectivity index (χ1n) is 5.57. The molecule has 106 valence electrons. The van der Waals surface area contributed by atoms with Crippen LogP contribution in [0.3, 0.4) is 0 Å². The summed E-state index contributed by atoms with van der Waals surface area (Å²) in [4.78, 5) is 22.7. The summed E-state index contributed by atoms with van der Waals surface area (Å²) in [5.41, 5.74) is -0.167. The minimum absolute atomic E-state index is 0. The first kappa shape index (κ1) is 17.3. The molecule has 0 spiro atoms. The van der Waals surface area contributed by atoms with Crippen molar-refractivity contribution in [3.05, 3.63) is 35.9 Å². The van der Waals surface area contributed by atoms with Crippen molar-refractivity contribution in [2.24, 2.45) is 0 Å². The third kappa shape index (κ3) is 6.15. The van der Waals surface area contributed by atoms with Gasteiger partial charge < -0.3 is 15.2 Å². The topological polar surface area (TPSA) is 75.6 Å². The molecule has 5 nitrogen and oxygen atoms in total. The second-order valence-electron chi connectivity index (χ2n) is 4.83. The van der Waals surface area contributed by atoms with E-state index in [1.807, 2.05) is 0 Å². The van der Waals surface area contributed by atoms with Gasteiger partial charge in [0, 0.05) is 0 Å². The van der Waals surface area contributed by atoms with Crippen LogP contribution in [0.15, 0.2) is 30.3 Å². The number of carboxylic acid groups (broad SMARTS) is 1. The molecular formula is C13H19NO4S. The molecule has 0 aromatic heterocycles. The zero-order chi connectivity index (χ0) is 13.8. The number of ether oxygens (including phenoxy) is 1. The molecule has 1 aromatic rings. The molecule has 1 amide bonds. The first-order chi connectivity index (χ1) is 8.29. The number of carbonyl (C=O) groups is 2. The molecule has 0 saturated heterocycles. The number of carboxylic acids is 1. The summed E-state index contributed by atoms with van der Waals surface area (Å²) in [6, 6.07) is 7.35. The maximum Gasteiger partial charge on any atom is 0.408 e. The maximum atomic E-state index is 11.6. The second-order valence-corrected chi connectivity index (χ2v) is 4.83. The molecule has 1 aromatic carbocycles. The SMILES string of the molecule is CC(C)(C)OC(=O)N[C@H](C(=O)O)c1ccccc1.S. The van der Waals surface area contributed by atoms with E-state index in [-0.39, 0.29) is 13.5 Å². The highest BCUT2D eigenvalue weighted by molar-refractivity contribution is 7.59. The van der Waals surface area contributed by atoms with Gasteiger partial charge in [0.1, 0.15) is 5.60 Å². The van der Waals surface area contributed by atoms with Crippen molar-refractivity contribution < 1.29 is 19.4 Å². The second kappa shape index (κ2) is 7.04. The lowest BCUT2D eigenvalue weighted by atomic mass is 10.1. The molecule has 0 saturated carbocycles. The zero-order valence-electron chi connectivity index (χ0n) is 11.1. The Labute approximate surface area is 119 Å². The van der Waals surface area contributed by atoms with Crippen LogP contribution in [0.5, 0.6) is 0 Å². The van der Waals surface area contributed by atoms with Crippen LogP contribution >= 0.6 is 13.5 Å². The molecule has 0 aliphatic heterocycles. The van der Waals surface area contributed by atoms with Gasteiger partial charge in [-0.25, -0.2) is 9.59 Å². The highest BCUT2D eigenvalue weighted by Gasteiger charge is 2.24. The summed E-state index contributed by atoms with van der Waals surface area (Å²) in [6.07, 6.45) is -0.751. The lowest BCUT2D eigenvalue weighted by molar-refractivity contribution is -0.139. The van der Waals surface area contributed by atoms with Crippen LogP contribution in [0, 0.1) is 0 Å². The Balaban J connectivity index is 0.00000324. The van der Waals surface area contributed by atoms with Crippen molar-refractivity contribution in [3.8, 4) is 0 Å². The molecule has 0 fully saturated rings. The van der Waals surface area contributed by atoms with Gasteiger partial charge in [-0.2, -0.15) is 13.5 Å². The Kier molecular flexibility index (Phi) is 6.41. The van der Waals surface area contributed by atoms with Gasteiger partial charge in [0.2, 0.25) is 0 Å². The standard InChI is InChI=1S/C13H17NO4.H2S/c1-13(2,3)18-12(17)14-10(11(15)16)9-7-5-4-6-8-9;/h4-8,10H,1-3H3,(H,14,17)(H,15,16);1H2/t10-;/m0./s1. The molecule has 2 N–H and O–H groups in total. The van der Waals surface area contributed by atoms with Crippen LogP contribution in [-0.4, -0.2) is 22.8 Å². The maximum absolute atomic E-state index is 11.6. The molecule has 1 rings (SSSR count). The Morgan fingerprint density at radius 3 is 2.16 bits per heavy atom. The van der Waals surface area contributed by atoms with Crippen molar-refractivity contribution in [2.75, 3.05) is 0 Å². The summed E-state index contributed by atoms with van der Waals surface area (Å²) in [6.45, 7) is 5.14. The van der Waals surface area contributed by atoms with E-state index in [0.29, 0.717) is 5.56 Å². The van der Waals surface area contributed by atoms with E-state index in [0.717, 1.165) is 0 Å². The van der Waals surface area contributed by atoms with Crippen LogP contribution in [0.25, 0.3) is 0 Å². The Morgan fingerprint density at radius 1 is 1.21 bits per heavy atom. The molecule has 19 heavy (non-hydrogen) atoms. The molecule has 0 aliphatic carbocycles. The van der Waals surface area contributed by atoms with Gasteiger partial charge in [0.05, 0.1) is 0 Å². The number of amides is 1. The Morgan fingerprint density at radius 2 is 1.74 bits per heavy atom. The predicted molar refractivity (Wildman–Crippen MR) is 76.6 cm³/mol. The largest absolute Gasteiger partial charge is 0.479 e. The normalized spacial score (nSPS) is 11.9. The van der Waals surface area contributed by atoms with Crippen molar-refractivity contribution in [1.82, 2.24) is 5.32 Å². The number of aliphatic carboxylic acids is 1. The monoisotopic (exact) mass is 285 g/mol. The molecule has 0 radical (unpaired) electrons. The van der Waals surface area contributed by atoms with Gasteiger partial charge >= 0.3 is 12.1 Å². The third-order valence-electron chi connectivity index (χ3n) is 2.04. The summed E-state index contributed by atoms with van der Waals surface area (Å²) in [5, 5.41) is 11.4. The quantitative estimate of drug-likeness (QED) is 0.894. The van der Waals surface area contributed by atoms with Crippen molar-refractivity contribution in [1.29, 1.82) is 0 Å². The third-order valence-corrected chi connectivity index (χ3v) is 2.04. The van der Waals surface area contributed by atoms with Gasteiger partial charge in [0.15, 0.2) is 6.04 Å². The van der Waals surface area contributed by atoms with Crippen molar-refractivity contribution >= 4 is 25.6 Å². The number of hydrogen-bond acceptors (Lipinski definition) is 3. The number of alkyl carbamates (subject to hydrolysis) is 1. The van der Waals surface area contributed by atoms with Crippen molar-refractivity contribution in [2.45, 2.75) is 32.4 Å². The van der Waals surface area contributed by atoms with Crippen LogP contribution in [0.1, 0.15) is 32.4 Å². The van der Waals surface area contributed by atoms with Crippen molar-refractivity contribution in [3.63, 3.8) is 0 Å². The minimum atomic E-state index is -1.13. The molecule has 0 bridgehead atoms. The van der Waals surface area contributed by atoms with Gasteiger partial charge in [-0.15, -0.1) is 0 Å². The fraction of sp³-hybridized carbons (Fsp3) is 0.385. The molecule has 0 unspecified atom stereocenters. The van der Waals surface area contributed by atoms with E-state index in [2.05, 4.69) is 5.32 Å². The van der Waals surface area contributed by atoms with Crippen LogP contribution in [0.4, 0.5) is 4.79 Å². The van der Waals surface area contributed by atoms with E-state index in [9.17, 15) is 9.59 Å². The lowest BCUT2D eigenvalue weighted by Gasteiger charge is -2.22. The number of rotatable bonds is 3. The predicted octanol–water partition coefficient (Wildman–Crippen LogP) is 2.45. The number of hydrogen-bond donors (Lipinski definition) is 2. The lowest BCUT2D eigenvalue weighted by Crippen LogP contribution is -2.38. The Bertz CT molecular complexity index is 428. The average Bonchev–Trinajstić information content (AvgIpc) is 2.24. The first-order valence-corrected chi connectivity index (χ1v) is 5.57. The fourth-order valence-corrected chi connectivity index (χ4v) is 1.36. The van der Waals surface area contributed by atoms with Gasteiger partial charge in [0.25, 0.3) is 0 Å². The summed E-state index contributed by atoms with van der Waals surface area (Å²) in [5.74, 6) is -1.13. The van der Waals surface area contributed by atoms with Gasteiger partial charge in [-0.1, -0.05) is 30.3 Å². The molecule has 0 aliphatic rings. The fourth-order valence-electron chi connectivity index (χ4n) is 1.36. The molecular weight excluding hydrogens is 266 g/mol. The van der Waals surface area contributed by atoms with E-state index in [1.54, 1.807) is 51.1 Å². The highest BCUT2D eigenvalue weighted by atomic mass is 32.1. The molecule has 6 heteroatoms. The van der Waals surface area contributed by atoms with Crippen LogP contribution in [-0.2, 0) is 9.53 Å². The van der Waals surface area contributed by atoms with Crippen LogP contribution < -0.4 is 5.32 Å². The van der Waals surface area contributed by atoms with E-state index < -0.39 is 23.7 Å². The zero-order valence-corrected chi connectivity index (χ0v) is 12.1. The minimum Gasteiger partial charge on any atom is -0.479 e. The van der Waals surface area contributed by atoms with Crippen LogP contribution in [0.2, 0.25) is 0 Å². The van der Waals surface area contributed by atoms with Gasteiger partial charge in [-0.05, 0) is 26.3 Å². The van der Waals surface area contributed by atoms with E-state index in [1.165, 1.54) is 0 Å².